The van der Waals surface area contributed by atoms with Gasteiger partial charge in [-0.05, 0) is 80.1 Å². The third kappa shape index (κ3) is 4.54. The number of rotatable bonds is 6. The van der Waals surface area contributed by atoms with E-state index in [9.17, 15) is 4.39 Å². The highest BCUT2D eigenvalue weighted by Gasteiger charge is 2.32. The Hall–Kier alpha value is -0.890. The molecule has 0 aromatic heterocycles. The molecule has 3 atom stereocenters. The van der Waals surface area contributed by atoms with Gasteiger partial charge in [0.2, 0.25) is 0 Å². The van der Waals surface area contributed by atoms with Gasteiger partial charge in [-0.15, -0.1) is 0 Å². The third-order valence-electron chi connectivity index (χ3n) is 5.11. The lowest BCUT2D eigenvalue weighted by Gasteiger charge is -2.38. The fourth-order valence-corrected chi connectivity index (χ4v) is 3.70. The SMILES string of the molecule is CCCNCC1CCC(C(C)C)CC1c1ccc(F)cc1. The Morgan fingerprint density at radius 2 is 1.90 bits per heavy atom. The molecule has 21 heavy (non-hydrogen) atoms. The lowest BCUT2D eigenvalue weighted by molar-refractivity contribution is 0.190. The molecule has 118 valence electrons. The van der Waals surface area contributed by atoms with E-state index in [0.717, 1.165) is 24.9 Å². The molecule has 1 N–H and O–H groups in total. The molecule has 0 saturated heterocycles. The summed E-state index contributed by atoms with van der Waals surface area (Å²) in [6.45, 7) is 9.07. The summed E-state index contributed by atoms with van der Waals surface area (Å²) >= 11 is 0. The molecule has 0 spiro atoms. The number of hydrogen-bond donors (Lipinski definition) is 1. The van der Waals surface area contributed by atoms with Crippen LogP contribution < -0.4 is 5.32 Å². The second-order valence-electron chi connectivity index (χ2n) is 6.94. The van der Waals surface area contributed by atoms with Gasteiger partial charge in [0, 0.05) is 0 Å². The monoisotopic (exact) mass is 291 g/mol. The highest BCUT2D eigenvalue weighted by atomic mass is 19.1. The van der Waals surface area contributed by atoms with Gasteiger partial charge in [0.1, 0.15) is 5.82 Å². The average molecular weight is 291 g/mol. The molecular weight excluding hydrogens is 261 g/mol. The first-order chi connectivity index (χ1) is 10.1. The van der Waals surface area contributed by atoms with Crippen LogP contribution in [0.15, 0.2) is 24.3 Å². The van der Waals surface area contributed by atoms with Crippen molar-refractivity contribution >= 4 is 0 Å². The summed E-state index contributed by atoms with van der Waals surface area (Å²) in [7, 11) is 0. The van der Waals surface area contributed by atoms with Crippen molar-refractivity contribution < 1.29 is 4.39 Å². The highest BCUT2D eigenvalue weighted by molar-refractivity contribution is 5.22. The van der Waals surface area contributed by atoms with E-state index < -0.39 is 0 Å². The van der Waals surface area contributed by atoms with Crippen LogP contribution in [0, 0.1) is 23.6 Å². The molecule has 2 rings (SSSR count). The van der Waals surface area contributed by atoms with E-state index in [0.29, 0.717) is 11.8 Å². The van der Waals surface area contributed by atoms with Gasteiger partial charge in [-0.2, -0.15) is 0 Å². The zero-order valence-corrected chi connectivity index (χ0v) is 13.7. The molecule has 0 bridgehead atoms. The highest BCUT2D eigenvalue weighted by Crippen LogP contribution is 2.42. The number of nitrogens with one attached hydrogen (secondary N) is 1. The Labute approximate surface area is 129 Å². The summed E-state index contributed by atoms with van der Waals surface area (Å²) < 4.78 is 13.2. The molecule has 3 unspecified atom stereocenters. The van der Waals surface area contributed by atoms with Gasteiger partial charge < -0.3 is 5.32 Å². The maximum Gasteiger partial charge on any atom is 0.123 e. The van der Waals surface area contributed by atoms with Crippen molar-refractivity contribution in [2.45, 2.75) is 52.4 Å². The van der Waals surface area contributed by atoms with Crippen molar-refractivity contribution in [3.8, 4) is 0 Å². The van der Waals surface area contributed by atoms with Crippen molar-refractivity contribution in [1.29, 1.82) is 0 Å². The lowest BCUT2D eigenvalue weighted by atomic mass is 9.68. The van der Waals surface area contributed by atoms with E-state index in [2.05, 4.69) is 26.1 Å². The second kappa shape index (κ2) is 7.93. The quantitative estimate of drug-likeness (QED) is 0.729. The Balaban J connectivity index is 2.09. The number of benzene rings is 1. The van der Waals surface area contributed by atoms with E-state index in [1.165, 1.54) is 31.2 Å². The smallest absolute Gasteiger partial charge is 0.123 e. The van der Waals surface area contributed by atoms with Crippen LogP contribution in [-0.4, -0.2) is 13.1 Å². The molecule has 1 aromatic rings. The Kier molecular flexibility index (Phi) is 6.22. The Bertz CT molecular complexity index is 412. The van der Waals surface area contributed by atoms with Crippen LogP contribution in [0.2, 0.25) is 0 Å². The Morgan fingerprint density at radius 3 is 2.52 bits per heavy atom. The van der Waals surface area contributed by atoms with E-state index in [1.807, 2.05) is 12.1 Å². The van der Waals surface area contributed by atoms with Gasteiger partial charge in [-0.1, -0.05) is 32.9 Å². The predicted octanol–water partition coefficient (Wildman–Crippen LogP) is 4.98. The van der Waals surface area contributed by atoms with E-state index in [4.69, 9.17) is 0 Å². The third-order valence-corrected chi connectivity index (χ3v) is 5.11. The van der Waals surface area contributed by atoms with Crippen molar-refractivity contribution in [3.63, 3.8) is 0 Å². The molecule has 0 heterocycles. The summed E-state index contributed by atoms with van der Waals surface area (Å²) in [5, 5.41) is 3.59. The fourth-order valence-electron chi connectivity index (χ4n) is 3.70. The minimum Gasteiger partial charge on any atom is -0.316 e. The standard InChI is InChI=1S/C19H30FN/c1-4-11-21-13-17-6-5-16(14(2)3)12-19(17)15-7-9-18(20)10-8-15/h7-10,14,16-17,19,21H,4-6,11-13H2,1-3H3. The van der Waals surface area contributed by atoms with Gasteiger partial charge in [0.25, 0.3) is 0 Å². The van der Waals surface area contributed by atoms with Crippen molar-refractivity contribution in [3.05, 3.63) is 35.6 Å². The molecule has 1 fully saturated rings. The van der Waals surface area contributed by atoms with Crippen molar-refractivity contribution in [2.75, 3.05) is 13.1 Å². The average Bonchev–Trinajstić information content (AvgIpc) is 2.48. The fraction of sp³-hybridized carbons (Fsp3) is 0.684. The second-order valence-corrected chi connectivity index (χ2v) is 6.94. The van der Waals surface area contributed by atoms with Crippen LogP contribution in [0.1, 0.15) is 57.9 Å². The first kappa shape index (κ1) is 16.5. The molecule has 2 heteroatoms. The molecule has 1 aliphatic carbocycles. The normalized spacial score (nSPS) is 26.2. The molecule has 1 nitrogen and oxygen atoms in total. The van der Waals surface area contributed by atoms with Crippen LogP contribution in [0.5, 0.6) is 0 Å². The molecule has 0 radical (unpaired) electrons. The summed E-state index contributed by atoms with van der Waals surface area (Å²) in [5.74, 6) is 2.70. The molecule has 1 aliphatic rings. The molecule has 1 aromatic carbocycles. The summed E-state index contributed by atoms with van der Waals surface area (Å²) in [6, 6.07) is 7.22. The van der Waals surface area contributed by atoms with Gasteiger partial charge in [-0.25, -0.2) is 4.39 Å². The summed E-state index contributed by atoms with van der Waals surface area (Å²) in [6.07, 6.45) is 5.07. The predicted molar refractivity (Wildman–Crippen MR) is 88.0 cm³/mol. The summed E-state index contributed by atoms with van der Waals surface area (Å²) in [5.41, 5.74) is 1.32. The maximum absolute atomic E-state index is 13.2. The van der Waals surface area contributed by atoms with Crippen LogP contribution >= 0.6 is 0 Å². The summed E-state index contributed by atoms with van der Waals surface area (Å²) in [4.78, 5) is 0. The molecular formula is C19H30FN. The molecule has 0 aliphatic heterocycles. The number of halogens is 1. The topological polar surface area (TPSA) is 12.0 Å². The van der Waals surface area contributed by atoms with Gasteiger partial charge in [0.05, 0.1) is 0 Å². The van der Waals surface area contributed by atoms with Crippen LogP contribution in [0.4, 0.5) is 4.39 Å². The minimum atomic E-state index is -0.129. The first-order valence-corrected chi connectivity index (χ1v) is 8.58. The van der Waals surface area contributed by atoms with Gasteiger partial charge >= 0.3 is 0 Å². The number of hydrogen-bond acceptors (Lipinski definition) is 1. The van der Waals surface area contributed by atoms with E-state index in [-0.39, 0.29) is 5.82 Å². The molecule has 1 saturated carbocycles. The van der Waals surface area contributed by atoms with Crippen molar-refractivity contribution in [2.24, 2.45) is 17.8 Å². The van der Waals surface area contributed by atoms with Crippen LogP contribution in [-0.2, 0) is 0 Å². The van der Waals surface area contributed by atoms with Crippen LogP contribution in [0.3, 0.4) is 0 Å². The van der Waals surface area contributed by atoms with Crippen molar-refractivity contribution in [1.82, 2.24) is 5.32 Å². The zero-order chi connectivity index (χ0) is 15.2. The lowest BCUT2D eigenvalue weighted by Crippen LogP contribution is -2.33. The minimum absolute atomic E-state index is 0.129. The van der Waals surface area contributed by atoms with Gasteiger partial charge in [0.15, 0.2) is 0 Å². The van der Waals surface area contributed by atoms with E-state index >= 15 is 0 Å². The maximum atomic E-state index is 13.2. The van der Waals surface area contributed by atoms with Crippen LogP contribution in [0.25, 0.3) is 0 Å². The first-order valence-electron chi connectivity index (χ1n) is 8.58. The Morgan fingerprint density at radius 1 is 1.19 bits per heavy atom. The zero-order valence-electron chi connectivity index (χ0n) is 13.7. The van der Waals surface area contributed by atoms with E-state index in [1.54, 1.807) is 12.1 Å². The van der Waals surface area contributed by atoms with Gasteiger partial charge in [-0.3, -0.25) is 0 Å². The largest absolute Gasteiger partial charge is 0.316 e. The molecule has 0 amide bonds.